The molecular weight excluding hydrogens is 366 g/mol. The Morgan fingerprint density at radius 1 is 1.10 bits per heavy atom. The number of hydrogen-bond donors (Lipinski definition) is 1. The predicted octanol–water partition coefficient (Wildman–Crippen LogP) is 3.08. The van der Waals surface area contributed by atoms with Gasteiger partial charge in [0.1, 0.15) is 0 Å². The summed E-state index contributed by atoms with van der Waals surface area (Å²) in [5, 5.41) is 2.88. The first-order chi connectivity index (χ1) is 14.0. The molecule has 0 atom stereocenters. The van der Waals surface area contributed by atoms with Crippen LogP contribution in [0.2, 0.25) is 0 Å². The van der Waals surface area contributed by atoms with E-state index in [1.54, 1.807) is 19.2 Å². The third kappa shape index (κ3) is 5.22. The highest BCUT2D eigenvalue weighted by Crippen LogP contribution is 2.17. The predicted molar refractivity (Wildman–Crippen MR) is 113 cm³/mol. The van der Waals surface area contributed by atoms with E-state index in [2.05, 4.69) is 5.32 Å². The Morgan fingerprint density at radius 3 is 2.48 bits per heavy atom. The van der Waals surface area contributed by atoms with Crippen LogP contribution in [-0.4, -0.2) is 47.7 Å². The van der Waals surface area contributed by atoms with Gasteiger partial charge in [-0.3, -0.25) is 14.4 Å². The van der Waals surface area contributed by atoms with Gasteiger partial charge in [-0.25, -0.2) is 0 Å². The molecule has 1 aliphatic heterocycles. The summed E-state index contributed by atoms with van der Waals surface area (Å²) in [5.41, 5.74) is 3.35. The molecule has 29 heavy (non-hydrogen) atoms. The number of likely N-dealkylation sites (tertiary alicyclic amines) is 1. The van der Waals surface area contributed by atoms with Gasteiger partial charge in [-0.15, -0.1) is 0 Å². The highest BCUT2D eigenvalue weighted by atomic mass is 16.2. The van der Waals surface area contributed by atoms with E-state index in [-0.39, 0.29) is 24.3 Å². The summed E-state index contributed by atoms with van der Waals surface area (Å²) in [6.07, 6.45) is 2.34. The van der Waals surface area contributed by atoms with Gasteiger partial charge >= 0.3 is 0 Å². The second-order valence-electron chi connectivity index (χ2n) is 7.34. The zero-order chi connectivity index (χ0) is 20.8. The monoisotopic (exact) mass is 393 g/mol. The lowest BCUT2D eigenvalue weighted by molar-refractivity contribution is -0.128. The van der Waals surface area contributed by atoms with Crippen molar-refractivity contribution in [3.05, 3.63) is 65.2 Å². The maximum atomic E-state index is 12.6. The Balaban J connectivity index is 1.56. The van der Waals surface area contributed by atoms with E-state index < -0.39 is 0 Å². The molecule has 0 aromatic heterocycles. The van der Waals surface area contributed by atoms with Crippen LogP contribution in [0.4, 0.5) is 5.69 Å². The van der Waals surface area contributed by atoms with Crippen molar-refractivity contribution in [2.24, 2.45) is 0 Å². The van der Waals surface area contributed by atoms with Crippen LogP contribution in [0.15, 0.2) is 48.5 Å². The molecule has 0 unspecified atom stereocenters. The number of aryl methyl sites for hydroxylation is 1. The maximum Gasteiger partial charge on any atom is 0.254 e. The Hall–Kier alpha value is -3.15. The number of carbonyl (C=O) groups is 3. The molecule has 6 nitrogen and oxygen atoms in total. The summed E-state index contributed by atoms with van der Waals surface area (Å²) in [4.78, 5) is 40.0. The van der Waals surface area contributed by atoms with Gasteiger partial charge in [-0.1, -0.05) is 37.3 Å². The highest BCUT2D eigenvalue weighted by Gasteiger charge is 2.20. The summed E-state index contributed by atoms with van der Waals surface area (Å²) in [6.45, 7) is 3.37. The van der Waals surface area contributed by atoms with Gasteiger partial charge in [0.2, 0.25) is 11.8 Å². The minimum absolute atomic E-state index is 0.0269. The van der Waals surface area contributed by atoms with Gasteiger partial charge in [0.05, 0.1) is 6.54 Å². The lowest BCUT2D eigenvalue weighted by Gasteiger charge is -2.18. The standard InChI is InChI=1S/C23H27N3O3/c1-3-18-7-4-5-8-20(18)24-21(27)16-25(2)23(29)19-12-10-17(11-13-19)15-26-14-6-9-22(26)28/h4-5,7-8,10-13H,3,6,9,14-16H2,1-2H3,(H,24,27). The fourth-order valence-corrected chi connectivity index (χ4v) is 3.49. The van der Waals surface area contributed by atoms with Crippen LogP contribution in [-0.2, 0) is 22.6 Å². The molecule has 1 heterocycles. The number of nitrogens with one attached hydrogen (secondary N) is 1. The molecule has 0 bridgehead atoms. The number of rotatable bonds is 7. The minimum Gasteiger partial charge on any atom is -0.338 e. The van der Waals surface area contributed by atoms with Crippen molar-refractivity contribution in [2.45, 2.75) is 32.7 Å². The molecular formula is C23H27N3O3. The van der Waals surface area contributed by atoms with Crippen LogP contribution in [0.3, 0.4) is 0 Å². The van der Waals surface area contributed by atoms with Crippen LogP contribution in [0, 0.1) is 0 Å². The smallest absolute Gasteiger partial charge is 0.254 e. The highest BCUT2D eigenvalue weighted by molar-refractivity contribution is 5.99. The van der Waals surface area contributed by atoms with Crippen molar-refractivity contribution < 1.29 is 14.4 Å². The Morgan fingerprint density at radius 2 is 1.83 bits per heavy atom. The molecule has 1 saturated heterocycles. The van der Waals surface area contributed by atoms with Crippen molar-refractivity contribution in [1.29, 1.82) is 0 Å². The first kappa shape index (κ1) is 20.6. The third-order valence-corrected chi connectivity index (χ3v) is 5.15. The number of likely N-dealkylation sites (N-methyl/N-ethyl adjacent to an activating group) is 1. The molecule has 1 N–H and O–H groups in total. The lowest BCUT2D eigenvalue weighted by atomic mass is 10.1. The van der Waals surface area contributed by atoms with Gasteiger partial charge in [0.15, 0.2) is 0 Å². The normalized spacial score (nSPS) is 13.4. The molecule has 1 aliphatic rings. The quantitative estimate of drug-likeness (QED) is 0.786. The second kappa shape index (κ2) is 9.37. The van der Waals surface area contributed by atoms with Crippen LogP contribution >= 0.6 is 0 Å². The van der Waals surface area contributed by atoms with Gasteiger partial charge in [0.25, 0.3) is 5.91 Å². The summed E-state index contributed by atoms with van der Waals surface area (Å²) >= 11 is 0. The molecule has 152 valence electrons. The summed E-state index contributed by atoms with van der Waals surface area (Å²) < 4.78 is 0. The fraction of sp³-hybridized carbons (Fsp3) is 0.348. The van der Waals surface area contributed by atoms with Crippen molar-refractivity contribution in [2.75, 3.05) is 25.5 Å². The maximum absolute atomic E-state index is 12.6. The summed E-state index contributed by atoms with van der Waals surface area (Å²) in [7, 11) is 1.62. The molecule has 0 aliphatic carbocycles. The van der Waals surface area contributed by atoms with E-state index in [1.807, 2.05) is 48.2 Å². The number of carbonyl (C=O) groups excluding carboxylic acids is 3. The number of nitrogens with zero attached hydrogens (tertiary/aromatic N) is 2. The molecule has 2 aromatic carbocycles. The molecule has 0 spiro atoms. The Kier molecular flexibility index (Phi) is 6.65. The Bertz CT molecular complexity index is 892. The van der Waals surface area contributed by atoms with E-state index in [9.17, 15) is 14.4 Å². The molecule has 0 radical (unpaired) electrons. The summed E-state index contributed by atoms with van der Waals surface area (Å²) in [6, 6.07) is 14.9. The van der Waals surface area contributed by atoms with Gasteiger partial charge in [0, 0.05) is 37.8 Å². The number of para-hydroxylation sites is 1. The fourth-order valence-electron chi connectivity index (χ4n) is 3.49. The van der Waals surface area contributed by atoms with E-state index in [0.29, 0.717) is 18.5 Å². The van der Waals surface area contributed by atoms with Crippen LogP contribution < -0.4 is 5.32 Å². The van der Waals surface area contributed by atoms with Crippen molar-refractivity contribution in [3.8, 4) is 0 Å². The van der Waals surface area contributed by atoms with Gasteiger partial charge in [-0.2, -0.15) is 0 Å². The van der Waals surface area contributed by atoms with Crippen molar-refractivity contribution in [3.63, 3.8) is 0 Å². The summed E-state index contributed by atoms with van der Waals surface area (Å²) in [5.74, 6) is -0.265. The van der Waals surface area contributed by atoms with Crippen LogP contribution in [0.5, 0.6) is 0 Å². The molecule has 3 amide bonds. The molecule has 0 saturated carbocycles. The number of anilines is 1. The van der Waals surface area contributed by atoms with Crippen LogP contribution in [0.25, 0.3) is 0 Å². The Labute approximate surface area is 171 Å². The molecule has 2 aromatic rings. The number of hydrogen-bond acceptors (Lipinski definition) is 3. The average Bonchev–Trinajstić information content (AvgIpc) is 3.12. The van der Waals surface area contributed by atoms with Gasteiger partial charge in [-0.05, 0) is 42.2 Å². The molecule has 3 rings (SSSR count). The topological polar surface area (TPSA) is 69.7 Å². The second-order valence-corrected chi connectivity index (χ2v) is 7.34. The molecule has 1 fully saturated rings. The zero-order valence-corrected chi connectivity index (χ0v) is 17.0. The number of amides is 3. The first-order valence-corrected chi connectivity index (χ1v) is 9.98. The van der Waals surface area contributed by atoms with E-state index in [0.717, 1.165) is 36.2 Å². The minimum atomic E-state index is -0.231. The van der Waals surface area contributed by atoms with Gasteiger partial charge < -0.3 is 15.1 Å². The average molecular weight is 393 g/mol. The van der Waals surface area contributed by atoms with E-state index >= 15 is 0 Å². The van der Waals surface area contributed by atoms with Crippen LogP contribution in [0.1, 0.15) is 41.3 Å². The zero-order valence-electron chi connectivity index (χ0n) is 17.0. The largest absolute Gasteiger partial charge is 0.338 e. The molecule has 6 heteroatoms. The van der Waals surface area contributed by atoms with E-state index in [1.165, 1.54) is 4.90 Å². The van der Waals surface area contributed by atoms with Crippen molar-refractivity contribution >= 4 is 23.4 Å². The third-order valence-electron chi connectivity index (χ3n) is 5.15. The number of benzene rings is 2. The first-order valence-electron chi connectivity index (χ1n) is 9.98. The van der Waals surface area contributed by atoms with Crippen molar-refractivity contribution in [1.82, 2.24) is 9.80 Å². The SMILES string of the molecule is CCc1ccccc1NC(=O)CN(C)C(=O)c1ccc(CN2CCCC2=O)cc1. The van der Waals surface area contributed by atoms with E-state index in [4.69, 9.17) is 0 Å². The lowest BCUT2D eigenvalue weighted by Crippen LogP contribution is -2.35.